The highest BCUT2D eigenvalue weighted by molar-refractivity contribution is 7.80. The van der Waals surface area contributed by atoms with E-state index >= 15 is 0 Å². The summed E-state index contributed by atoms with van der Waals surface area (Å²) < 4.78 is 0. The molecule has 0 aliphatic carbocycles. The van der Waals surface area contributed by atoms with Crippen LogP contribution in [0.5, 0.6) is 0 Å². The van der Waals surface area contributed by atoms with Crippen LogP contribution in [0.1, 0.15) is 17.7 Å². The molecule has 5 heteroatoms. The summed E-state index contributed by atoms with van der Waals surface area (Å²) in [7, 11) is 0. The summed E-state index contributed by atoms with van der Waals surface area (Å²) in [5.41, 5.74) is 2.90. The number of rotatable bonds is 2. The van der Waals surface area contributed by atoms with Crippen molar-refractivity contribution in [3.8, 4) is 0 Å². The van der Waals surface area contributed by atoms with Crippen LogP contribution in [0.15, 0.2) is 22.6 Å². The van der Waals surface area contributed by atoms with Gasteiger partial charge in [0, 0.05) is 18.0 Å². The van der Waals surface area contributed by atoms with Gasteiger partial charge in [-0.3, -0.25) is 5.43 Å². The number of nitrogens with zero attached hydrogens (tertiary/aromatic N) is 2. The van der Waals surface area contributed by atoms with Gasteiger partial charge in [0.15, 0.2) is 5.11 Å². The number of likely N-dealkylation sites (tertiary alicyclic amines) is 1. The topological polar surface area (TPSA) is 27.6 Å². The van der Waals surface area contributed by atoms with Crippen LogP contribution in [-0.2, 0) is 0 Å². The second-order valence-electron chi connectivity index (χ2n) is 3.38. The van der Waals surface area contributed by atoms with Crippen molar-refractivity contribution in [2.45, 2.75) is 12.8 Å². The first-order valence-electron chi connectivity index (χ1n) is 4.98. The average Bonchev–Trinajstić information content (AvgIpc) is 2.90. The third-order valence-electron chi connectivity index (χ3n) is 2.29. The Labute approximate surface area is 98.8 Å². The molecule has 0 bridgehead atoms. The van der Waals surface area contributed by atoms with Crippen LogP contribution < -0.4 is 5.43 Å². The first-order chi connectivity index (χ1) is 7.36. The molecule has 0 spiro atoms. The standard InChI is InChI=1S/C10H13N3S2/c14-10(13-5-1-2-6-13)12-11-8-9-4-3-7-15-9/h3-4,7-8H,1-2,5-6H2,(H,12,14)/b11-8+. The number of thiocarbonyl (C=S) groups is 1. The summed E-state index contributed by atoms with van der Waals surface area (Å²) in [6.07, 6.45) is 4.26. The van der Waals surface area contributed by atoms with Gasteiger partial charge in [-0.2, -0.15) is 5.10 Å². The summed E-state index contributed by atoms with van der Waals surface area (Å²) in [5, 5.41) is 6.88. The molecule has 0 aromatic carbocycles. The monoisotopic (exact) mass is 239 g/mol. The van der Waals surface area contributed by atoms with Crippen LogP contribution in [0.25, 0.3) is 0 Å². The highest BCUT2D eigenvalue weighted by Gasteiger charge is 2.13. The SMILES string of the molecule is S=C(N/N=C/c1cccs1)N1CCCC1. The minimum atomic E-state index is 0.736. The zero-order valence-corrected chi connectivity index (χ0v) is 9.98. The zero-order valence-electron chi connectivity index (χ0n) is 8.35. The maximum Gasteiger partial charge on any atom is 0.189 e. The number of nitrogens with one attached hydrogen (secondary N) is 1. The van der Waals surface area contributed by atoms with Gasteiger partial charge in [0.1, 0.15) is 0 Å². The van der Waals surface area contributed by atoms with E-state index in [9.17, 15) is 0 Å². The van der Waals surface area contributed by atoms with Gasteiger partial charge >= 0.3 is 0 Å². The lowest BCUT2D eigenvalue weighted by Crippen LogP contribution is -2.34. The normalized spacial score (nSPS) is 16.1. The molecule has 1 aromatic rings. The van der Waals surface area contributed by atoms with Gasteiger partial charge in [0.25, 0.3) is 0 Å². The van der Waals surface area contributed by atoms with E-state index in [-0.39, 0.29) is 0 Å². The zero-order chi connectivity index (χ0) is 10.5. The first-order valence-corrected chi connectivity index (χ1v) is 6.26. The molecular weight excluding hydrogens is 226 g/mol. The second-order valence-corrected chi connectivity index (χ2v) is 4.75. The van der Waals surface area contributed by atoms with E-state index in [2.05, 4.69) is 15.4 Å². The molecule has 0 atom stereocenters. The summed E-state index contributed by atoms with van der Waals surface area (Å²) in [6, 6.07) is 4.03. The van der Waals surface area contributed by atoms with Crippen LogP contribution in [0, 0.1) is 0 Å². The molecule has 1 aromatic heterocycles. The number of hydrogen-bond acceptors (Lipinski definition) is 3. The quantitative estimate of drug-likeness (QED) is 0.486. The van der Waals surface area contributed by atoms with Crippen molar-refractivity contribution in [3.05, 3.63) is 22.4 Å². The van der Waals surface area contributed by atoms with Crippen molar-refractivity contribution >= 4 is 34.9 Å². The van der Waals surface area contributed by atoms with E-state index in [1.807, 2.05) is 17.5 Å². The molecule has 1 saturated heterocycles. The third kappa shape index (κ3) is 3.00. The Morgan fingerprint density at radius 1 is 1.53 bits per heavy atom. The van der Waals surface area contributed by atoms with E-state index in [4.69, 9.17) is 12.2 Å². The Morgan fingerprint density at radius 3 is 3.00 bits per heavy atom. The van der Waals surface area contributed by atoms with Gasteiger partial charge in [-0.25, -0.2) is 0 Å². The van der Waals surface area contributed by atoms with Crippen molar-refractivity contribution in [1.82, 2.24) is 10.3 Å². The summed E-state index contributed by atoms with van der Waals surface area (Å²) in [4.78, 5) is 3.29. The van der Waals surface area contributed by atoms with Gasteiger partial charge in [-0.05, 0) is 36.5 Å². The van der Waals surface area contributed by atoms with Gasteiger partial charge < -0.3 is 4.90 Å². The van der Waals surface area contributed by atoms with Gasteiger partial charge in [0.2, 0.25) is 0 Å². The van der Waals surface area contributed by atoms with Crippen molar-refractivity contribution in [1.29, 1.82) is 0 Å². The maximum atomic E-state index is 5.21. The molecule has 0 radical (unpaired) electrons. The lowest BCUT2D eigenvalue weighted by Gasteiger charge is -2.16. The van der Waals surface area contributed by atoms with Gasteiger partial charge in [0.05, 0.1) is 6.21 Å². The fraction of sp³-hybridized carbons (Fsp3) is 0.400. The van der Waals surface area contributed by atoms with Crippen molar-refractivity contribution in [3.63, 3.8) is 0 Å². The lowest BCUT2D eigenvalue weighted by atomic mass is 10.4. The molecule has 1 aliphatic rings. The molecule has 2 rings (SSSR count). The van der Waals surface area contributed by atoms with Crippen LogP contribution in [0.3, 0.4) is 0 Å². The maximum absolute atomic E-state index is 5.21. The largest absolute Gasteiger partial charge is 0.348 e. The number of hydrogen-bond donors (Lipinski definition) is 1. The molecule has 1 N–H and O–H groups in total. The minimum absolute atomic E-state index is 0.736. The first kappa shape index (κ1) is 10.6. The average molecular weight is 239 g/mol. The summed E-state index contributed by atoms with van der Waals surface area (Å²) >= 11 is 6.87. The fourth-order valence-corrected chi connectivity index (χ4v) is 2.33. The Balaban J connectivity index is 1.80. The van der Waals surface area contributed by atoms with E-state index in [0.717, 1.165) is 23.1 Å². The molecule has 2 heterocycles. The number of thiophene rings is 1. The van der Waals surface area contributed by atoms with Gasteiger partial charge in [-0.15, -0.1) is 11.3 Å². The van der Waals surface area contributed by atoms with E-state index < -0.39 is 0 Å². The van der Waals surface area contributed by atoms with Crippen LogP contribution in [0.2, 0.25) is 0 Å². The van der Waals surface area contributed by atoms with Crippen molar-refractivity contribution in [2.24, 2.45) is 5.10 Å². The molecule has 15 heavy (non-hydrogen) atoms. The summed E-state index contributed by atoms with van der Waals surface area (Å²) in [6.45, 7) is 2.11. The van der Waals surface area contributed by atoms with E-state index in [1.54, 1.807) is 17.6 Å². The Bertz CT molecular complexity index is 340. The molecule has 3 nitrogen and oxygen atoms in total. The van der Waals surface area contributed by atoms with Gasteiger partial charge in [-0.1, -0.05) is 6.07 Å². The van der Waals surface area contributed by atoms with Crippen LogP contribution in [-0.4, -0.2) is 29.3 Å². The lowest BCUT2D eigenvalue weighted by molar-refractivity contribution is 0.509. The molecular formula is C10H13N3S2. The number of hydrazone groups is 1. The predicted molar refractivity (Wildman–Crippen MR) is 68.5 cm³/mol. The molecule has 0 saturated carbocycles. The Kier molecular flexibility index (Phi) is 3.69. The molecule has 1 fully saturated rings. The molecule has 80 valence electrons. The molecule has 0 amide bonds. The molecule has 1 aliphatic heterocycles. The third-order valence-corrected chi connectivity index (χ3v) is 3.44. The van der Waals surface area contributed by atoms with Crippen molar-refractivity contribution in [2.75, 3.05) is 13.1 Å². The second kappa shape index (κ2) is 5.23. The van der Waals surface area contributed by atoms with Crippen LogP contribution in [0.4, 0.5) is 0 Å². The minimum Gasteiger partial charge on any atom is -0.348 e. The van der Waals surface area contributed by atoms with E-state index in [0.29, 0.717) is 0 Å². The molecule has 0 unspecified atom stereocenters. The highest BCUT2D eigenvalue weighted by atomic mass is 32.1. The van der Waals surface area contributed by atoms with Crippen molar-refractivity contribution < 1.29 is 0 Å². The van der Waals surface area contributed by atoms with Crippen LogP contribution >= 0.6 is 23.6 Å². The Morgan fingerprint density at radius 2 is 2.33 bits per heavy atom. The smallest absolute Gasteiger partial charge is 0.189 e. The predicted octanol–water partition coefficient (Wildman–Crippen LogP) is 2.05. The summed E-state index contributed by atoms with van der Waals surface area (Å²) in [5.74, 6) is 0. The highest BCUT2D eigenvalue weighted by Crippen LogP contribution is 2.07. The van der Waals surface area contributed by atoms with E-state index in [1.165, 1.54) is 12.8 Å². The fourth-order valence-electron chi connectivity index (χ4n) is 1.51. The Hall–Kier alpha value is -0.940.